The molecule has 0 bridgehead atoms. The lowest BCUT2D eigenvalue weighted by Crippen LogP contribution is -2.07. The Morgan fingerprint density at radius 3 is 2.43 bits per heavy atom. The van der Waals surface area contributed by atoms with Crippen LogP contribution in [0.15, 0.2) is 18.2 Å². The summed E-state index contributed by atoms with van der Waals surface area (Å²) in [6, 6.07) is 5.18. The Bertz CT molecular complexity index is 280. The van der Waals surface area contributed by atoms with Gasteiger partial charge in [0.2, 0.25) is 0 Å². The second-order valence-corrected chi connectivity index (χ2v) is 3.85. The summed E-state index contributed by atoms with van der Waals surface area (Å²) in [5.41, 5.74) is 0. The standard InChI is InChI=1S/C10H12Cl2O2/c1-7(13)5-6-14-10-8(11)3-2-4-9(10)12/h2-4,7,13H,5-6H2,1H3. The molecule has 0 aliphatic heterocycles. The van der Waals surface area contributed by atoms with Gasteiger partial charge in [0.25, 0.3) is 0 Å². The highest BCUT2D eigenvalue weighted by Crippen LogP contribution is 2.32. The van der Waals surface area contributed by atoms with Crippen molar-refractivity contribution in [1.29, 1.82) is 0 Å². The third-order valence-corrected chi connectivity index (χ3v) is 2.30. The van der Waals surface area contributed by atoms with Crippen LogP contribution in [0.25, 0.3) is 0 Å². The van der Waals surface area contributed by atoms with Gasteiger partial charge in [0.05, 0.1) is 22.8 Å². The maximum atomic E-state index is 9.02. The molecule has 0 radical (unpaired) electrons. The Morgan fingerprint density at radius 2 is 1.93 bits per heavy atom. The molecule has 0 spiro atoms. The van der Waals surface area contributed by atoms with Crippen molar-refractivity contribution in [3.05, 3.63) is 28.2 Å². The summed E-state index contributed by atoms with van der Waals surface area (Å²) in [4.78, 5) is 0. The highest BCUT2D eigenvalue weighted by Gasteiger charge is 2.06. The van der Waals surface area contributed by atoms with E-state index in [1.54, 1.807) is 25.1 Å². The van der Waals surface area contributed by atoms with Crippen molar-refractivity contribution in [2.75, 3.05) is 6.61 Å². The summed E-state index contributed by atoms with van der Waals surface area (Å²) < 4.78 is 5.35. The van der Waals surface area contributed by atoms with Gasteiger partial charge in [-0.05, 0) is 19.1 Å². The summed E-state index contributed by atoms with van der Waals surface area (Å²) in [5.74, 6) is 0.483. The van der Waals surface area contributed by atoms with E-state index in [0.29, 0.717) is 28.8 Å². The van der Waals surface area contributed by atoms with Crippen LogP contribution < -0.4 is 4.74 Å². The first-order chi connectivity index (χ1) is 6.61. The summed E-state index contributed by atoms with van der Waals surface area (Å²) in [6.07, 6.45) is 0.179. The summed E-state index contributed by atoms with van der Waals surface area (Å²) in [6.45, 7) is 2.11. The van der Waals surface area contributed by atoms with Gasteiger partial charge in [-0.1, -0.05) is 29.3 Å². The molecule has 1 atom stereocenters. The third kappa shape index (κ3) is 3.37. The molecule has 0 saturated carbocycles. The molecule has 0 fully saturated rings. The summed E-state index contributed by atoms with van der Waals surface area (Å²) in [5, 5.41) is 10.0. The maximum Gasteiger partial charge on any atom is 0.156 e. The van der Waals surface area contributed by atoms with Crippen molar-refractivity contribution >= 4 is 23.2 Å². The maximum absolute atomic E-state index is 9.02. The largest absolute Gasteiger partial charge is 0.490 e. The molecule has 0 aromatic heterocycles. The summed E-state index contributed by atoms with van der Waals surface area (Å²) >= 11 is 11.7. The number of aliphatic hydroxyl groups excluding tert-OH is 1. The topological polar surface area (TPSA) is 29.5 Å². The van der Waals surface area contributed by atoms with E-state index in [1.807, 2.05) is 0 Å². The molecule has 1 unspecified atom stereocenters. The van der Waals surface area contributed by atoms with Crippen molar-refractivity contribution < 1.29 is 9.84 Å². The van der Waals surface area contributed by atoms with E-state index < -0.39 is 0 Å². The van der Waals surface area contributed by atoms with Crippen LogP contribution in [0.1, 0.15) is 13.3 Å². The van der Waals surface area contributed by atoms with Gasteiger partial charge in [0.1, 0.15) is 0 Å². The molecule has 2 nitrogen and oxygen atoms in total. The minimum atomic E-state index is -0.378. The molecule has 0 heterocycles. The van der Waals surface area contributed by atoms with Crippen molar-refractivity contribution in [2.45, 2.75) is 19.4 Å². The van der Waals surface area contributed by atoms with Crippen molar-refractivity contribution in [3.8, 4) is 5.75 Å². The predicted octanol–water partition coefficient (Wildman–Crippen LogP) is 3.14. The molecule has 4 heteroatoms. The zero-order valence-electron chi connectivity index (χ0n) is 7.84. The Labute approximate surface area is 93.4 Å². The lowest BCUT2D eigenvalue weighted by molar-refractivity contribution is 0.155. The fourth-order valence-corrected chi connectivity index (χ4v) is 1.46. The number of hydrogen-bond acceptors (Lipinski definition) is 2. The van der Waals surface area contributed by atoms with Gasteiger partial charge in [0, 0.05) is 6.42 Å². The number of hydrogen-bond donors (Lipinski definition) is 1. The van der Waals surface area contributed by atoms with Gasteiger partial charge in [0.15, 0.2) is 5.75 Å². The minimum Gasteiger partial charge on any atom is -0.490 e. The van der Waals surface area contributed by atoms with Gasteiger partial charge in [-0.2, -0.15) is 0 Å². The number of benzene rings is 1. The molecule has 14 heavy (non-hydrogen) atoms. The first-order valence-electron chi connectivity index (χ1n) is 4.36. The lowest BCUT2D eigenvalue weighted by Gasteiger charge is -2.10. The van der Waals surface area contributed by atoms with E-state index in [2.05, 4.69) is 0 Å². The van der Waals surface area contributed by atoms with Crippen LogP contribution in [-0.4, -0.2) is 17.8 Å². The Morgan fingerprint density at radius 1 is 1.36 bits per heavy atom. The van der Waals surface area contributed by atoms with Crippen LogP contribution in [0.3, 0.4) is 0 Å². The zero-order chi connectivity index (χ0) is 10.6. The van der Waals surface area contributed by atoms with E-state index in [-0.39, 0.29) is 6.10 Å². The molecule has 1 aromatic rings. The molecule has 0 amide bonds. The average Bonchev–Trinajstić information content (AvgIpc) is 2.09. The molecule has 0 aliphatic rings. The van der Waals surface area contributed by atoms with Crippen molar-refractivity contribution in [2.24, 2.45) is 0 Å². The molecule has 0 aliphatic carbocycles. The summed E-state index contributed by atoms with van der Waals surface area (Å²) in [7, 11) is 0. The molecular formula is C10H12Cl2O2. The highest BCUT2D eigenvalue weighted by atomic mass is 35.5. The molecule has 1 aromatic carbocycles. The third-order valence-electron chi connectivity index (χ3n) is 1.70. The quantitative estimate of drug-likeness (QED) is 0.868. The van der Waals surface area contributed by atoms with Crippen LogP contribution in [-0.2, 0) is 0 Å². The first kappa shape index (κ1) is 11.6. The fraction of sp³-hybridized carbons (Fsp3) is 0.400. The molecule has 0 saturated heterocycles. The lowest BCUT2D eigenvalue weighted by atomic mass is 10.3. The van der Waals surface area contributed by atoms with Crippen molar-refractivity contribution in [3.63, 3.8) is 0 Å². The van der Waals surface area contributed by atoms with Crippen LogP contribution in [0, 0.1) is 0 Å². The molecule has 78 valence electrons. The van der Waals surface area contributed by atoms with Gasteiger partial charge >= 0.3 is 0 Å². The van der Waals surface area contributed by atoms with Gasteiger partial charge in [-0.25, -0.2) is 0 Å². The SMILES string of the molecule is CC(O)CCOc1c(Cl)cccc1Cl. The normalized spacial score (nSPS) is 12.6. The average molecular weight is 235 g/mol. The van der Waals surface area contributed by atoms with Crippen LogP contribution in [0.4, 0.5) is 0 Å². The van der Waals surface area contributed by atoms with Crippen LogP contribution >= 0.6 is 23.2 Å². The minimum absolute atomic E-state index is 0.378. The van der Waals surface area contributed by atoms with Gasteiger partial charge < -0.3 is 9.84 Å². The Kier molecular flexibility index (Phi) is 4.52. The number of para-hydroxylation sites is 1. The molecular weight excluding hydrogens is 223 g/mol. The second kappa shape index (κ2) is 5.44. The van der Waals surface area contributed by atoms with Gasteiger partial charge in [-0.15, -0.1) is 0 Å². The number of ether oxygens (including phenoxy) is 1. The van der Waals surface area contributed by atoms with E-state index in [9.17, 15) is 0 Å². The predicted molar refractivity (Wildman–Crippen MR) is 58.3 cm³/mol. The van der Waals surface area contributed by atoms with Crippen LogP contribution in [0.5, 0.6) is 5.75 Å². The Balaban J connectivity index is 2.58. The first-order valence-corrected chi connectivity index (χ1v) is 5.11. The number of halogens is 2. The second-order valence-electron chi connectivity index (χ2n) is 3.04. The highest BCUT2D eigenvalue weighted by molar-refractivity contribution is 6.37. The zero-order valence-corrected chi connectivity index (χ0v) is 9.35. The monoisotopic (exact) mass is 234 g/mol. The van der Waals surface area contributed by atoms with Gasteiger partial charge in [-0.3, -0.25) is 0 Å². The molecule has 1 rings (SSSR count). The smallest absolute Gasteiger partial charge is 0.156 e. The van der Waals surface area contributed by atoms with E-state index in [0.717, 1.165) is 0 Å². The number of aliphatic hydroxyl groups is 1. The Hall–Kier alpha value is -0.440. The van der Waals surface area contributed by atoms with Crippen molar-refractivity contribution in [1.82, 2.24) is 0 Å². The van der Waals surface area contributed by atoms with Crippen LogP contribution in [0.2, 0.25) is 10.0 Å². The van der Waals surface area contributed by atoms with E-state index >= 15 is 0 Å². The molecule has 1 N–H and O–H groups in total. The van der Waals surface area contributed by atoms with E-state index in [1.165, 1.54) is 0 Å². The fourth-order valence-electron chi connectivity index (χ4n) is 0.952. The number of rotatable bonds is 4. The van der Waals surface area contributed by atoms with E-state index in [4.69, 9.17) is 33.0 Å².